The maximum absolute atomic E-state index is 12.1. The van der Waals surface area contributed by atoms with Crippen molar-refractivity contribution in [1.82, 2.24) is 5.32 Å². The van der Waals surface area contributed by atoms with E-state index in [0.29, 0.717) is 18.0 Å². The summed E-state index contributed by atoms with van der Waals surface area (Å²) in [5.41, 5.74) is 7.99. The highest BCUT2D eigenvalue weighted by Crippen LogP contribution is 2.32. The fourth-order valence-corrected chi connectivity index (χ4v) is 2.10. The van der Waals surface area contributed by atoms with Crippen molar-refractivity contribution in [2.45, 2.75) is 32.7 Å². The smallest absolute Gasteiger partial charge is 0.251 e. The molecule has 1 saturated carbocycles. The molecule has 1 aromatic rings. The van der Waals surface area contributed by atoms with Crippen molar-refractivity contribution < 1.29 is 4.79 Å². The normalized spacial score (nSPS) is 15.3. The molecule has 0 saturated heterocycles. The van der Waals surface area contributed by atoms with Crippen molar-refractivity contribution in [2.75, 3.05) is 6.54 Å². The zero-order chi connectivity index (χ0) is 13.8. The topological polar surface area (TPSA) is 55.1 Å². The Morgan fingerprint density at radius 2 is 2.26 bits per heavy atom. The van der Waals surface area contributed by atoms with Crippen LogP contribution in [-0.2, 0) is 0 Å². The average Bonchev–Trinajstić information content (AvgIpc) is 3.21. The minimum absolute atomic E-state index is 0.000772. The van der Waals surface area contributed by atoms with Crippen LogP contribution in [0.2, 0.25) is 0 Å². The second kappa shape index (κ2) is 5.90. The van der Waals surface area contributed by atoms with Gasteiger partial charge in [-0.3, -0.25) is 4.79 Å². The van der Waals surface area contributed by atoms with Crippen LogP contribution in [0, 0.1) is 24.7 Å². The van der Waals surface area contributed by atoms with E-state index in [-0.39, 0.29) is 11.9 Å². The Hall–Kier alpha value is -1.79. The van der Waals surface area contributed by atoms with Gasteiger partial charge >= 0.3 is 0 Å². The van der Waals surface area contributed by atoms with Crippen molar-refractivity contribution in [3.8, 4) is 11.8 Å². The van der Waals surface area contributed by atoms with Gasteiger partial charge in [0.2, 0.25) is 0 Å². The number of amides is 1. The zero-order valence-corrected chi connectivity index (χ0v) is 11.5. The first kappa shape index (κ1) is 13.6. The van der Waals surface area contributed by atoms with Gasteiger partial charge in [-0.15, -0.1) is 0 Å². The van der Waals surface area contributed by atoms with E-state index in [9.17, 15) is 4.79 Å². The van der Waals surface area contributed by atoms with E-state index < -0.39 is 0 Å². The minimum atomic E-state index is 0.000772. The summed E-state index contributed by atoms with van der Waals surface area (Å²) in [7, 11) is 0. The molecule has 0 aromatic heterocycles. The predicted molar refractivity (Wildman–Crippen MR) is 76.8 cm³/mol. The van der Waals surface area contributed by atoms with Crippen LogP contribution >= 0.6 is 0 Å². The lowest BCUT2D eigenvalue weighted by atomic mass is 10.0. The highest BCUT2D eigenvalue weighted by atomic mass is 16.1. The Morgan fingerprint density at radius 1 is 1.53 bits per heavy atom. The summed E-state index contributed by atoms with van der Waals surface area (Å²) in [4.78, 5) is 12.1. The second-order valence-electron chi connectivity index (χ2n) is 5.14. The summed E-state index contributed by atoms with van der Waals surface area (Å²) >= 11 is 0. The molecule has 1 unspecified atom stereocenters. The largest absolute Gasteiger partial charge is 0.349 e. The first-order valence-electron chi connectivity index (χ1n) is 6.72. The van der Waals surface area contributed by atoms with Crippen molar-refractivity contribution in [3.05, 3.63) is 34.9 Å². The molecular formula is C16H20N2O. The van der Waals surface area contributed by atoms with E-state index in [0.717, 1.165) is 11.1 Å². The van der Waals surface area contributed by atoms with Gasteiger partial charge in [-0.05, 0) is 56.4 Å². The van der Waals surface area contributed by atoms with Crippen LogP contribution in [0.25, 0.3) is 0 Å². The number of carbonyl (C=O) groups is 1. The lowest BCUT2D eigenvalue weighted by Crippen LogP contribution is -2.34. The molecule has 0 radical (unpaired) electrons. The van der Waals surface area contributed by atoms with Gasteiger partial charge < -0.3 is 11.1 Å². The molecule has 3 heteroatoms. The standard InChI is InChI=1S/C16H20N2O/c1-11-10-15(8-5-13(11)4-3-9-17)16(19)18-12(2)14-6-7-14/h5,8,10,12,14H,6-7,9,17H2,1-2H3,(H,18,19). The third kappa shape index (κ3) is 3.59. The molecule has 1 aliphatic rings. The molecule has 0 heterocycles. The molecule has 0 spiro atoms. The summed E-state index contributed by atoms with van der Waals surface area (Å²) in [6.07, 6.45) is 2.46. The van der Waals surface area contributed by atoms with Gasteiger partial charge in [-0.1, -0.05) is 11.8 Å². The fourth-order valence-electron chi connectivity index (χ4n) is 2.10. The Bertz CT molecular complexity index is 535. The SMILES string of the molecule is Cc1cc(C(=O)NC(C)C2CC2)ccc1C#CCN. The average molecular weight is 256 g/mol. The van der Waals surface area contributed by atoms with Crippen LogP contribution < -0.4 is 11.1 Å². The molecule has 1 aromatic carbocycles. The van der Waals surface area contributed by atoms with E-state index in [1.54, 1.807) is 0 Å². The second-order valence-corrected chi connectivity index (χ2v) is 5.14. The third-order valence-electron chi connectivity index (χ3n) is 3.50. The number of hydrogen-bond donors (Lipinski definition) is 2. The van der Waals surface area contributed by atoms with Crippen molar-refractivity contribution in [2.24, 2.45) is 11.7 Å². The number of nitrogens with one attached hydrogen (secondary N) is 1. The molecule has 19 heavy (non-hydrogen) atoms. The van der Waals surface area contributed by atoms with Crippen LogP contribution in [0.3, 0.4) is 0 Å². The Balaban J connectivity index is 2.07. The minimum Gasteiger partial charge on any atom is -0.349 e. The molecule has 0 aliphatic heterocycles. The fraction of sp³-hybridized carbons (Fsp3) is 0.438. The van der Waals surface area contributed by atoms with E-state index >= 15 is 0 Å². The highest BCUT2D eigenvalue weighted by Gasteiger charge is 2.29. The molecule has 3 nitrogen and oxygen atoms in total. The number of carbonyl (C=O) groups excluding carboxylic acids is 1. The first-order valence-corrected chi connectivity index (χ1v) is 6.72. The van der Waals surface area contributed by atoms with Crippen LogP contribution in [0.4, 0.5) is 0 Å². The molecule has 3 N–H and O–H groups in total. The number of benzene rings is 1. The van der Waals surface area contributed by atoms with Crippen LogP contribution in [0.15, 0.2) is 18.2 Å². The number of nitrogens with two attached hydrogens (primary N) is 1. The van der Waals surface area contributed by atoms with Gasteiger partial charge in [0.05, 0.1) is 6.54 Å². The zero-order valence-electron chi connectivity index (χ0n) is 11.5. The number of aryl methyl sites for hydroxylation is 1. The molecule has 2 rings (SSSR count). The Labute approximate surface area is 114 Å². The molecule has 100 valence electrons. The third-order valence-corrected chi connectivity index (χ3v) is 3.50. The van der Waals surface area contributed by atoms with E-state index in [1.165, 1.54) is 12.8 Å². The van der Waals surface area contributed by atoms with Crippen molar-refractivity contribution in [3.63, 3.8) is 0 Å². The van der Waals surface area contributed by atoms with Crippen molar-refractivity contribution >= 4 is 5.91 Å². The Morgan fingerprint density at radius 3 is 2.84 bits per heavy atom. The van der Waals surface area contributed by atoms with Gasteiger partial charge in [-0.2, -0.15) is 0 Å². The van der Waals surface area contributed by atoms with Crippen LogP contribution in [0.1, 0.15) is 41.3 Å². The number of hydrogen-bond acceptors (Lipinski definition) is 2. The summed E-state index contributed by atoms with van der Waals surface area (Å²) in [5, 5.41) is 3.05. The summed E-state index contributed by atoms with van der Waals surface area (Å²) in [6, 6.07) is 5.86. The van der Waals surface area contributed by atoms with E-state index in [2.05, 4.69) is 24.1 Å². The van der Waals surface area contributed by atoms with E-state index in [4.69, 9.17) is 5.73 Å². The monoisotopic (exact) mass is 256 g/mol. The van der Waals surface area contributed by atoms with Gasteiger partial charge in [0.15, 0.2) is 0 Å². The lowest BCUT2D eigenvalue weighted by molar-refractivity contribution is 0.0936. The summed E-state index contributed by atoms with van der Waals surface area (Å²) < 4.78 is 0. The van der Waals surface area contributed by atoms with Gasteiger partial charge in [0.1, 0.15) is 0 Å². The van der Waals surface area contributed by atoms with Crippen LogP contribution in [-0.4, -0.2) is 18.5 Å². The molecule has 1 atom stereocenters. The first-order chi connectivity index (χ1) is 9.11. The maximum atomic E-state index is 12.1. The molecule has 1 aliphatic carbocycles. The summed E-state index contributed by atoms with van der Waals surface area (Å²) in [6.45, 7) is 4.38. The molecule has 0 bridgehead atoms. The molecular weight excluding hydrogens is 236 g/mol. The quantitative estimate of drug-likeness (QED) is 0.811. The highest BCUT2D eigenvalue weighted by molar-refractivity contribution is 5.94. The van der Waals surface area contributed by atoms with Gasteiger partial charge in [0.25, 0.3) is 5.91 Å². The Kier molecular flexibility index (Phi) is 4.24. The van der Waals surface area contributed by atoms with Crippen LogP contribution in [0.5, 0.6) is 0 Å². The van der Waals surface area contributed by atoms with E-state index in [1.807, 2.05) is 25.1 Å². The summed E-state index contributed by atoms with van der Waals surface area (Å²) in [5.74, 6) is 6.49. The van der Waals surface area contributed by atoms with Gasteiger partial charge in [-0.25, -0.2) is 0 Å². The molecule has 1 amide bonds. The number of rotatable bonds is 3. The van der Waals surface area contributed by atoms with Crippen molar-refractivity contribution in [1.29, 1.82) is 0 Å². The van der Waals surface area contributed by atoms with Gasteiger partial charge in [0, 0.05) is 17.2 Å². The predicted octanol–water partition coefficient (Wildman–Crippen LogP) is 1.83. The maximum Gasteiger partial charge on any atom is 0.251 e. The lowest BCUT2D eigenvalue weighted by Gasteiger charge is -2.13. The molecule has 1 fully saturated rings.